The van der Waals surface area contributed by atoms with Gasteiger partial charge in [0.2, 0.25) is 5.82 Å². The third kappa shape index (κ3) is 3.90. The molecule has 0 amide bonds. The number of halogens is 1. The van der Waals surface area contributed by atoms with Crippen LogP contribution in [0, 0.1) is 6.92 Å². The lowest BCUT2D eigenvalue weighted by Gasteiger charge is -2.16. The molecule has 0 atom stereocenters. The number of rotatable bonds is 5. The molecule has 0 spiro atoms. The van der Waals surface area contributed by atoms with E-state index in [1.54, 1.807) is 13.0 Å². The summed E-state index contributed by atoms with van der Waals surface area (Å²) in [5.74, 6) is -0.863. The average molecular weight is 338 g/mol. The molecule has 1 aromatic carbocycles. The summed E-state index contributed by atoms with van der Waals surface area (Å²) < 4.78 is 0. The van der Waals surface area contributed by atoms with Crippen molar-refractivity contribution in [2.75, 3.05) is 5.32 Å². The maximum atomic E-state index is 11.1. The summed E-state index contributed by atoms with van der Waals surface area (Å²) in [4.78, 5) is 20.9. The second-order valence-corrected chi connectivity index (χ2v) is 6.41. The maximum Gasteiger partial charge on any atom is 0.374 e. The average Bonchev–Trinajstić information content (AvgIpc) is 2.43. The smallest absolute Gasteiger partial charge is 0.374 e. The van der Waals surface area contributed by atoms with Crippen LogP contribution in [0.25, 0.3) is 0 Å². The van der Waals surface area contributed by atoms with Crippen LogP contribution in [0.15, 0.2) is 34.1 Å². The van der Waals surface area contributed by atoms with Gasteiger partial charge in [-0.1, -0.05) is 35.5 Å². The monoisotopic (exact) mass is 337 g/mol. The zero-order valence-corrected chi connectivity index (χ0v) is 14.0. The number of hydrogen-bond donors (Lipinski definition) is 2. The van der Waals surface area contributed by atoms with Crippen molar-refractivity contribution < 1.29 is 9.90 Å². The van der Waals surface area contributed by atoms with Gasteiger partial charge in [0, 0.05) is 10.9 Å². The van der Waals surface area contributed by atoms with E-state index >= 15 is 0 Å². The van der Waals surface area contributed by atoms with Crippen LogP contribution >= 0.6 is 23.4 Å². The summed E-state index contributed by atoms with van der Waals surface area (Å²) in [5, 5.41) is 12.9. The van der Waals surface area contributed by atoms with E-state index in [4.69, 9.17) is 16.7 Å². The Hall–Kier alpha value is -1.79. The fourth-order valence-corrected chi connectivity index (χ4v) is 2.97. The normalized spacial score (nSPS) is 10.8. The molecule has 5 nitrogen and oxygen atoms in total. The second-order valence-electron chi connectivity index (χ2n) is 4.95. The van der Waals surface area contributed by atoms with Crippen molar-refractivity contribution in [1.82, 2.24) is 9.97 Å². The lowest BCUT2D eigenvalue weighted by molar-refractivity contribution is 0.0683. The summed E-state index contributed by atoms with van der Waals surface area (Å²) in [6, 6.07) is 7.57. The molecule has 0 saturated carbocycles. The largest absolute Gasteiger partial charge is 0.475 e. The number of nitrogens with zero attached hydrogens (tertiary/aromatic N) is 2. The molecule has 0 aliphatic carbocycles. The molecule has 2 rings (SSSR count). The van der Waals surface area contributed by atoms with Gasteiger partial charge < -0.3 is 10.4 Å². The van der Waals surface area contributed by atoms with Crippen molar-refractivity contribution in [3.05, 3.63) is 40.8 Å². The molecule has 2 N–H and O–H groups in total. The minimum Gasteiger partial charge on any atom is -0.475 e. The van der Waals surface area contributed by atoms with E-state index in [-0.39, 0.29) is 11.9 Å². The first-order chi connectivity index (χ1) is 10.4. The van der Waals surface area contributed by atoms with E-state index in [0.29, 0.717) is 16.5 Å². The van der Waals surface area contributed by atoms with Gasteiger partial charge in [-0.2, -0.15) is 0 Å². The fourth-order valence-electron chi connectivity index (χ4n) is 1.79. The third-order valence-corrected chi connectivity index (χ3v) is 4.41. The van der Waals surface area contributed by atoms with E-state index in [1.807, 2.05) is 32.0 Å². The molecule has 1 heterocycles. The first-order valence-electron chi connectivity index (χ1n) is 6.69. The van der Waals surface area contributed by atoms with E-state index in [9.17, 15) is 4.79 Å². The first-order valence-corrected chi connectivity index (χ1v) is 7.88. The summed E-state index contributed by atoms with van der Waals surface area (Å²) in [6.45, 7) is 5.68. The Kier molecular flexibility index (Phi) is 5.26. The first kappa shape index (κ1) is 16.6. The quantitative estimate of drug-likeness (QED) is 0.855. The number of carboxylic acid groups (broad SMARTS) is 1. The molecule has 1 aromatic heterocycles. The Labute approximate surface area is 138 Å². The number of nitrogens with one attached hydrogen (secondary N) is 1. The molecule has 0 saturated heterocycles. The Bertz CT molecular complexity index is 707. The van der Waals surface area contributed by atoms with Crippen LogP contribution in [0.1, 0.15) is 30.2 Å². The lowest BCUT2D eigenvalue weighted by atomic mass is 10.3. The Morgan fingerprint density at radius 2 is 2.00 bits per heavy atom. The Morgan fingerprint density at radius 1 is 1.32 bits per heavy atom. The van der Waals surface area contributed by atoms with Crippen molar-refractivity contribution in [1.29, 1.82) is 0 Å². The molecule has 0 radical (unpaired) electrons. The topological polar surface area (TPSA) is 75.1 Å². The predicted molar refractivity (Wildman–Crippen MR) is 88.1 cm³/mol. The molecule has 2 aromatic rings. The van der Waals surface area contributed by atoms with Gasteiger partial charge in [-0.3, -0.25) is 0 Å². The molecule has 0 aliphatic heterocycles. The van der Waals surface area contributed by atoms with Crippen LogP contribution in [-0.4, -0.2) is 27.1 Å². The molecule has 22 heavy (non-hydrogen) atoms. The van der Waals surface area contributed by atoms with Crippen molar-refractivity contribution in [2.45, 2.75) is 36.6 Å². The zero-order chi connectivity index (χ0) is 16.3. The number of carbonyl (C=O) groups is 1. The minimum absolute atomic E-state index is 0.113. The van der Waals surface area contributed by atoms with Crippen LogP contribution in [0.3, 0.4) is 0 Å². The molecule has 0 fully saturated rings. The predicted octanol–water partition coefficient (Wildman–Crippen LogP) is 4.11. The minimum atomic E-state index is -1.15. The molecular weight excluding hydrogens is 322 g/mol. The van der Waals surface area contributed by atoms with E-state index < -0.39 is 5.97 Å². The fraction of sp³-hybridized carbons (Fsp3) is 0.267. The summed E-state index contributed by atoms with van der Waals surface area (Å²) >= 11 is 7.61. The van der Waals surface area contributed by atoms with E-state index in [1.165, 1.54) is 11.8 Å². The molecule has 0 aliphatic rings. The van der Waals surface area contributed by atoms with Gasteiger partial charge in [0.1, 0.15) is 5.82 Å². The van der Waals surface area contributed by atoms with Gasteiger partial charge in [-0.05, 0) is 32.9 Å². The van der Waals surface area contributed by atoms with Gasteiger partial charge in [-0.15, -0.1) is 0 Å². The molecule has 7 heteroatoms. The summed E-state index contributed by atoms with van der Waals surface area (Å²) in [6.07, 6.45) is 0. The van der Waals surface area contributed by atoms with Crippen LogP contribution in [-0.2, 0) is 0 Å². The third-order valence-electron chi connectivity index (χ3n) is 2.70. The van der Waals surface area contributed by atoms with Crippen molar-refractivity contribution in [3.8, 4) is 0 Å². The van der Waals surface area contributed by atoms with Gasteiger partial charge in [0.05, 0.1) is 15.6 Å². The number of hydrogen-bond acceptors (Lipinski definition) is 5. The number of benzene rings is 1. The number of carboxylic acids is 1. The van der Waals surface area contributed by atoms with Crippen molar-refractivity contribution in [3.63, 3.8) is 0 Å². The van der Waals surface area contributed by atoms with Crippen LogP contribution in [0.5, 0.6) is 0 Å². The van der Waals surface area contributed by atoms with Crippen molar-refractivity contribution >= 4 is 35.1 Å². The molecule has 0 bridgehead atoms. The highest BCUT2D eigenvalue weighted by molar-refractivity contribution is 7.99. The van der Waals surface area contributed by atoms with Crippen LogP contribution in [0.4, 0.5) is 5.82 Å². The number of anilines is 1. The number of aromatic carboxylic acids is 1. The highest BCUT2D eigenvalue weighted by Crippen LogP contribution is 2.38. The van der Waals surface area contributed by atoms with E-state index in [0.717, 1.165) is 9.79 Å². The van der Waals surface area contributed by atoms with Gasteiger partial charge >= 0.3 is 5.97 Å². The molecular formula is C15H16ClN3O2S. The highest BCUT2D eigenvalue weighted by Gasteiger charge is 2.18. The SMILES string of the molecule is Cc1nc(C(=O)O)nc(NC(C)C)c1Sc1ccccc1Cl. The van der Waals surface area contributed by atoms with Gasteiger partial charge in [0.25, 0.3) is 0 Å². The van der Waals surface area contributed by atoms with Crippen LogP contribution < -0.4 is 5.32 Å². The van der Waals surface area contributed by atoms with Gasteiger partial charge in [-0.25, -0.2) is 14.8 Å². The van der Waals surface area contributed by atoms with Gasteiger partial charge in [0.15, 0.2) is 0 Å². The number of aromatic nitrogens is 2. The standard InChI is InChI=1S/C15H16ClN3O2S/c1-8(2)17-13-12(9(3)18-14(19-13)15(20)21)22-11-7-5-4-6-10(11)16/h4-8H,1-3H3,(H,20,21)(H,17,18,19). The zero-order valence-electron chi connectivity index (χ0n) is 12.4. The second kappa shape index (κ2) is 6.98. The number of aryl methyl sites for hydroxylation is 1. The summed E-state index contributed by atoms with van der Waals surface area (Å²) in [7, 11) is 0. The maximum absolute atomic E-state index is 11.1. The molecule has 0 unspecified atom stereocenters. The highest BCUT2D eigenvalue weighted by atomic mass is 35.5. The lowest BCUT2D eigenvalue weighted by Crippen LogP contribution is -2.16. The Morgan fingerprint density at radius 3 is 2.59 bits per heavy atom. The summed E-state index contributed by atoms with van der Waals surface area (Å²) in [5.41, 5.74) is 0.598. The van der Waals surface area contributed by atoms with Crippen LogP contribution in [0.2, 0.25) is 5.02 Å². The Balaban J connectivity index is 2.49. The van der Waals surface area contributed by atoms with E-state index in [2.05, 4.69) is 15.3 Å². The van der Waals surface area contributed by atoms with Crippen molar-refractivity contribution in [2.24, 2.45) is 0 Å². The molecule has 116 valence electrons.